The molecule has 9 heteroatoms. The van der Waals surface area contributed by atoms with Gasteiger partial charge in [0.25, 0.3) is 0 Å². The van der Waals surface area contributed by atoms with Gasteiger partial charge in [0, 0.05) is 14.1 Å². The molecule has 1 saturated heterocycles. The van der Waals surface area contributed by atoms with Crippen LogP contribution in [0.1, 0.15) is 0 Å². The number of alkyl halides is 1. The summed E-state index contributed by atoms with van der Waals surface area (Å²) in [4.78, 5) is 13.4. The summed E-state index contributed by atoms with van der Waals surface area (Å²) < 4.78 is 23.2. The Hall–Kier alpha value is -0.0500. The van der Waals surface area contributed by atoms with Crippen LogP contribution in [0.3, 0.4) is 0 Å². The summed E-state index contributed by atoms with van der Waals surface area (Å²) in [7, 11) is 0.472. The van der Waals surface area contributed by atoms with E-state index < -0.39 is 21.3 Å². The minimum atomic E-state index is -3.12. The molecule has 1 aliphatic heterocycles. The van der Waals surface area contributed by atoms with Gasteiger partial charge in [-0.3, -0.25) is 4.79 Å². The fraction of sp³-hybridized carbons (Fsp3) is 0.778. The zero-order valence-electron chi connectivity index (χ0n) is 10.1. The summed E-state index contributed by atoms with van der Waals surface area (Å²) in [5.74, 6) is -0.257. The lowest BCUT2D eigenvalue weighted by molar-refractivity contribution is -0.119. The van der Waals surface area contributed by atoms with Gasteiger partial charge in [-0.05, 0) is 0 Å². The second-order valence-corrected chi connectivity index (χ2v) is 8.54. The highest BCUT2D eigenvalue weighted by Crippen LogP contribution is 2.18. The number of sulfone groups is 1. The molecule has 1 aliphatic rings. The largest absolute Gasteiger partial charge is 0.364 e. The zero-order chi connectivity index (χ0) is 13.9. The van der Waals surface area contributed by atoms with Gasteiger partial charge in [0.05, 0.1) is 28.7 Å². The van der Waals surface area contributed by atoms with Crippen molar-refractivity contribution >= 4 is 55.6 Å². The van der Waals surface area contributed by atoms with Crippen molar-refractivity contribution in [3.8, 4) is 0 Å². The number of hydrogen-bond acceptors (Lipinski definition) is 5. The smallest absolute Gasteiger partial charge is 0.230 e. The van der Waals surface area contributed by atoms with E-state index in [1.54, 1.807) is 19.0 Å². The highest BCUT2D eigenvalue weighted by molar-refractivity contribution is 8.23. The van der Waals surface area contributed by atoms with Gasteiger partial charge in [0.15, 0.2) is 9.84 Å². The Morgan fingerprint density at radius 2 is 2.11 bits per heavy atom. The van der Waals surface area contributed by atoms with Crippen LogP contribution in [-0.4, -0.2) is 66.3 Å². The number of nitrogens with one attached hydrogen (secondary N) is 1. The Morgan fingerprint density at radius 3 is 2.56 bits per heavy atom. The molecule has 1 N–H and O–H groups in total. The first-order chi connectivity index (χ1) is 8.21. The maximum atomic E-state index is 11.6. The minimum Gasteiger partial charge on any atom is -0.364 e. The third-order valence-electron chi connectivity index (χ3n) is 2.32. The first kappa shape index (κ1) is 16.0. The normalized spacial score (nSPS) is 25.7. The van der Waals surface area contributed by atoms with Crippen LogP contribution < -0.4 is 5.32 Å². The first-order valence-electron chi connectivity index (χ1n) is 5.19. The van der Waals surface area contributed by atoms with Crippen LogP contribution >= 0.6 is 35.6 Å². The molecular formula is C9H15ClN2O3S3. The molecule has 0 aromatic carbocycles. The lowest BCUT2D eigenvalue weighted by Gasteiger charge is -2.15. The molecule has 0 bridgehead atoms. The Bertz CT molecular complexity index is 438. The molecule has 0 aromatic heterocycles. The number of thioether (sulfide) groups is 1. The van der Waals surface area contributed by atoms with Gasteiger partial charge in [-0.15, -0.1) is 11.6 Å². The van der Waals surface area contributed by atoms with Gasteiger partial charge < -0.3 is 10.2 Å². The van der Waals surface area contributed by atoms with E-state index in [4.69, 9.17) is 23.8 Å². The molecule has 2 atom stereocenters. The summed E-state index contributed by atoms with van der Waals surface area (Å²) in [6, 6.07) is -0.502. The van der Waals surface area contributed by atoms with E-state index in [2.05, 4.69) is 5.32 Å². The van der Waals surface area contributed by atoms with Crippen molar-refractivity contribution in [3.63, 3.8) is 0 Å². The number of nitrogens with zero attached hydrogens (tertiary/aromatic N) is 1. The van der Waals surface area contributed by atoms with Gasteiger partial charge in [-0.25, -0.2) is 8.42 Å². The zero-order valence-corrected chi connectivity index (χ0v) is 13.3. The second-order valence-electron chi connectivity index (χ2n) is 4.22. The van der Waals surface area contributed by atoms with Crippen LogP contribution in [0.2, 0.25) is 0 Å². The SMILES string of the molecule is CN(C)C(=S)SCC(=O)N[C@@H]1CS(=O)(=O)C[C@@H]1Cl. The second kappa shape index (κ2) is 6.40. The lowest BCUT2D eigenvalue weighted by Crippen LogP contribution is -2.41. The number of amides is 1. The van der Waals surface area contributed by atoms with Gasteiger partial charge in [-0.2, -0.15) is 0 Å². The van der Waals surface area contributed by atoms with Crippen molar-refractivity contribution in [2.45, 2.75) is 11.4 Å². The molecule has 1 heterocycles. The standard InChI is InChI=1S/C9H15ClN2O3S3/c1-12(2)9(16)17-3-8(13)11-7-5-18(14,15)4-6(7)10/h6-7H,3-5H2,1-2H3,(H,11,13)/t6-,7+/m0/s1. The van der Waals surface area contributed by atoms with Gasteiger partial charge in [0.2, 0.25) is 5.91 Å². The highest BCUT2D eigenvalue weighted by atomic mass is 35.5. The fourth-order valence-corrected chi connectivity index (χ4v) is 4.76. The molecule has 1 rings (SSSR count). The molecule has 104 valence electrons. The van der Waals surface area contributed by atoms with Crippen LogP contribution in [0.5, 0.6) is 0 Å². The fourth-order valence-electron chi connectivity index (χ4n) is 1.44. The van der Waals surface area contributed by atoms with Crippen LogP contribution in [-0.2, 0) is 14.6 Å². The van der Waals surface area contributed by atoms with E-state index in [0.717, 1.165) is 0 Å². The van der Waals surface area contributed by atoms with Crippen LogP contribution in [0.25, 0.3) is 0 Å². The molecule has 0 spiro atoms. The van der Waals surface area contributed by atoms with Crippen LogP contribution in [0.4, 0.5) is 0 Å². The molecule has 5 nitrogen and oxygen atoms in total. The Labute approximate surface area is 122 Å². The van der Waals surface area contributed by atoms with E-state index in [-0.39, 0.29) is 23.2 Å². The van der Waals surface area contributed by atoms with Gasteiger partial charge in [0.1, 0.15) is 4.32 Å². The van der Waals surface area contributed by atoms with E-state index >= 15 is 0 Å². The summed E-state index contributed by atoms with van der Waals surface area (Å²) in [6.45, 7) is 0. The first-order valence-corrected chi connectivity index (χ1v) is 8.84. The topological polar surface area (TPSA) is 66.5 Å². The van der Waals surface area contributed by atoms with E-state index in [9.17, 15) is 13.2 Å². The third kappa shape index (κ3) is 4.91. The molecule has 0 aromatic rings. The summed E-state index contributed by atoms with van der Waals surface area (Å²) >= 11 is 12.1. The molecule has 0 saturated carbocycles. The number of rotatable bonds is 3. The molecule has 1 amide bonds. The number of carbonyl (C=O) groups is 1. The quantitative estimate of drug-likeness (QED) is 0.584. The van der Waals surface area contributed by atoms with Crippen molar-refractivity contribution in [1.82, 2.24) is 10.2 Å². The monoisotopic (exact) mass is 330 g/mol. The summed E-state index contributed by atoms with van der Waals surface area (Å²) in [5.41, 5.74) is 0. The average Bonchev–Trinajstić information content (AvgIpc) is 2.48. The Kier molecular flexibility index (Phi) is 5.69. The Balaban J connectivity index is 2.40. The van der Waals surface area contributed by atoms with E-state index in [1.165, 1.54) is 11.8 Å². The van der Waals surface area contributed by atoms with Crippen molar-refractivity contribution < 1.29 is 13.2 Å². The molecule has 18 heavy (non-hydrogen) atoms. The molecule has 1 fully saturated rings. The third-order valence-corrected chi connectivity index (χ3v) is 6.43. The van der Waals surface area contributed by atoms with E-state index in [0.29, 0.717) is 4.32 Å². The van der Waals surface area contributed by atoms with Crippen LogP contribution in [0.15, 0.2) is 0 Å². The molecule has 0 aliphatic carbocycles. The number of thiocarbonyl (C=S) groups is 1. The van der Waals surface area contributed by atoms with Crippen LogP contribution in [0, 0.1) is 0 Å². The maximum Gasteiger partial charge on any atom is 0.230 e. The molecular weight excluding hydrogens is 316 g/mol. The lowest BCUT2D eigenvalue weighted by atomic mass is 10.2. The summed E-state index contributed by atoms with van der Waals surface area (Å²) in [5, 5.41) is 2.08. The predicted molar refractivity (Wildman–Crippen MR) is 79.0 cm³/mol. The summed E-state index contributed by atoms with van der Waals surface area (Å²) in [6.07, 6.45) is 0. The molecule has 0 unspecified atom stereocenters. The van der Waals surface area contributed by atoms with Gasteiger partial charge in [-0.1, -0.05) is 24.0 Å². The maximum absolute atomic E-state index is 11.6. The van der Waals surface area contributed by atoms with E-state index in [1.807, 2.05) is 0 Å². The van der Waals surface area contributed by atoms with Gasteiger partial charge >= 0.3 is 0 Å². The number of halogens is 1. The average molecular weight is 331 g/mol. The van der Waals surface area contributed by atoms with Crippen molar-refractivity contribution in [2.24, 2.45) is 0 Å². The van der Waals surface area contributed by atoms with Crippen molar-refractivity contribution in [2.75, 3.05) is 31.4 Å². The molecule has 0 radical (unpaired) electrons. The Morgan fingerprint density at radius 1 is 1.50 bits per heavy atom. The highest BCUT2D eigenvalue weighted by Gasteiger charge is 2.37. The number of carbonyl (C=O) groups excluding carboxylic acids is 1. The minimum absolute atomic E-state index is 0.0806. The van der Waals surface area contributed by atoms with Crippen molar-refractivity contribution in [3.05, 3.63) is 0 Å². The predicted octanol–water partition coefficient (Wildman–Crippen LogP) is 0.0867. The van der Waals surface area contributed by atoms with Crippen molar-refractivity contribution in [1.29, 1.82) is 0 Å². The number of hydrogen-bond donors (Lipinski definition) is 1.